The molecule has 3 rings (SSSR count). The maximum atomic E-state index is 8.96. The topological polar surface area (TPSA) is 35.8 Å². The lowest BCUT2D eigenvalue weighted by atomic mass is 9.83. The Bertz CT molecular complexity index is 718. The van der Waals surface area contributed by atoms with Crippen LogP contribution in [0.2, 0.25) is 0 Å². The Labute approximate surface area is 113 Å². The second-order valence-corrected chi connectivity index (χ2v) is 5.69. The minimum atomic E-state index is -0.0280. The van der Waals surface area contributed by atoms with E-state index in [1.807, 2.05) is 0 Å². The number of fused-ring (bicyclic) bond motifs is 3. The van der Waals surface area contributed by atoms with Crippen molar-refractivity contribution >= 4 is 16.5 Å². The number of nitriles is 1. The summed E-state index contributed by atoms with van der Waals surface area (Å²) in [4.78, 5) is 0. The summed E-state index contributed by atoms with van der Waals surface area (Å²) in [6.07, 6.45) is 2.57. The normalized spacial score (nSPS) is 18.7. The fourth-order valence-electron chi connectivity index (χ4n) is 2.88. The summed E-state index contributed by atoms with van der Waals surface area (Å²) in [5.74, 6) is 0. The van der Waals surface area contributed by atoms with Gasteiger partial charge in [-0.3, -0.25) is 0 Å². The third kappa shape index (κ3) is 1.98. The molecule has 0 saturated heterocycles. The van der Waals surface area contributed by atoms with Crippen LogP contribution in [0.3, 0.4) is 0 Å². The zero-order valence-electron chi connectivity index (χ0n) is 11.2. The summed E-state index contributed by atoms with van der Waals surface area (Å²) in [5.41, 5.74) is 3.39. The maximum absolute atomic E-state index is 8.96. The van der Waals surface area contributed by atoms with E-state index < -0.39 is 0 Å². The number of hydrogen-bond acceptors (Lipinski definition) is 2. The molecule has 1 aliphatic heterocycles. The molecule has 0 spiro atoms. The maximum Gasteiger partial charge on any atom is 0.0933 e. The largest absolute Gasteiger partial charge is 0.379 e. The molecule has 0 saturated carbocycles. The van der Waals surface area contributed by atoms with Crippen molar-refractivity contribution in [3.8, 4) is 6.07 Å². The van der Waals surface area contributed by atoms with Gasteiger partial charge >= 0.3 is 0 Å². The molecule has 0 aliphatic carbocycles. The number of hydrogen-bond donors (Lipinski definition) is 1. The van der Waals surface area contributed by atoms with Gasteiger partial charge in [-0.1, -0.05) is 36.4 Å². The van der Waals surface area contributed by atoms with E-state index in [1.165, 1.54) is 16.3 Å². The molecule has 0 bridgehead atoms. The predicted octanol–water partition coefficient (Wildman–Crippen LogP) is 3.63. The molecule has 1 heterocycles. The van der Waals surface area contributed by atoms with Crippen LogP contribution in [0.15, 0.2) is 42.5 Å². The van der Waals surface area contributed by atoms with E-state index in [2.05, 4.69) is 61.6 Å². The summed E-state index contributed by atoms with van der Waals surface area (Å²) in [6.45, 7) is 4.34. The van der Waals surface area contributed by atoms with Gasteiger partial charge in [0.05, 0.1) is 11.8 Å². The molecule has 0 aromatic heterocycles. The standard InChI is InChI=1S/C17H16N2/c1-17(2)11-15-13-6-4-3-5-12(13)7-8-14(15)16(19-17)9-10-18/h3-9,19H,11H2,1-2H3. The van der Waals surface area contributed by atoms with E-state index in [4.69, 9.17) is 5.26 Å². The van der Waals surface area contributed by atoms with Crippen LogP contribution in [0.4, 0.5) is 0 Å². The Hall–Kier alpha value is -2.27. The first-order valence-corrected chi connectivity index (χ1v) is 6.50. The van der Waals surface area contributed by atoms with Crippen molar-refractivity contribution in [2.45, 2.75) is 25.8 Å². The van der Waals surface area contributed by atoms with Crippen molar-refractivity contribution < 1.29 is 0 Å². The summed E-state index contributed by atoms with van der Waals surface area (Å²) in [6, 6.07) is 14.8. The minimum Gasteiger partial charge on any atom is -0.379 e. The Morgan fingerprint density at radius 3 is 2.79 bits per heavy atom. The molecule has 0 fully saturated rings. The Kier molecular flexibility index (Phi) is 2.57. The predicted molar refractivity (Wildman–Crippen MR) is 78.5 cm³/mol. The molecule has 94 valence electrons. The van der Waals surface area contributed by atoms with Crippen molar-refractivity contribution in [1.82, 2.24) is 5.32 Å². The molecule has 2 aromatic carbocycles. The number of nitrogens with one attached hydrogen (secondary N) is 1. The fraction of sp³-hybridized carbons (Fsp3) is 0.235. The van der Waals surface area contributed by atoms with Crippen molar-refractivity contribution in [3.63, 3.8) is 0 Å². The fourth-order valence-corrected chi connectivity index (χ4v) is 2.88. The van der Waals surface area contributed by atoms with E-state index in [-0.39, 0.29) is 5.54 Å². The summed E-state index contributed by atoms with van der Waals surface area (Å²) in [5, 5.41) is 15.0. The van der Waals surface area contributed by atoms with Gasteiger partial charge in [0, 0.05) is 17.2 Å². The van der Waals surface area contributed by atoms with Crippen LogP contribution in [0.25, 0.3) is 16.5 Å². The van der Waals surface area contributed by atoms with Crippen LogP contribution < -0.4 is 5.32 Å². The highest BCUT2D eigenvalue weighted by Crippen LogP contribution is 2.34. The molecule has 0 amide bonds. The van der Waals surface area contributed by atoms with Crippen LogP contribution in [0.1, 0.15) is 25.0 Å². The Morgan fingerprint density at radius 1 is 1.21 bits per heavy atom. The number of allylic oxidation sites excluding steroid dienone is 1. The molecular weight excluding hydrogens is 232 g/mol. The summed E-state index contributed by atoms with van der Waals surface area (Å²) in [7, 11) is 0. The van der Waals surface area contributed by atoms with Crippen molar-refractivity contribution in [2.24, 2.45) is 0 Å². The van der Waals surface area contributed by atoms with Crippen molar-refractivity contribution in [2.75, 3.05) is 0 Å². The van der Waals surface area contributed by atoms with Gasteiger partial charge in [0.15, 0.2) is 0 Å². The molecule has 1 N–H and O–H groups in total. The summed E-state index contributed by atoms with van der Waals surface area (Å²) >= 11 is 0. The van der Waals surface area contributed by atoms with Crippen molar-refractivity contribution in [1.29, 1.82) is 5.26 Å². The van der Waals surface area contributed by atoms with Crippen LogP contribution in [-0.4, -0.2) is 5.54 Å². The van der Waals surface area contributed by atoms with Crippen LogP contribution in [0.5, 0.6) is 0 Å². The third-order valence-corrected chi connectivity index (χ3v) is 3.63. The first-order valence-electron chi connectivity index (χ1n) is 6.50. The second-order valence-electron chi connectivity index (χ2n) is 5.69. The molecule has 2 heteroatoms. The molecule has 2 nitrogen and oxygen atoms in total. The Morgan fingerprint density at radius 2 is 2.00 bits per heavy atom. The van der Waals surface area contributed by atoms with E-state index in [9.17, 15) is 0 Å². The second kappa shape index (κ2) is 4.13. The highest BCUT2D eigenvalue weighted by atomic mass is 15.0. The van der Waals surface area contributed by atoms with Gasteiger partial charge in [-0.05, 0) is 36.6 Å². The average Bonchev–Trinajstić information content (AvgIpc) is 2.38. The first-order chi connectivity index (χ1) is 9.11. The van der Waals surface area contributed by atoms with Gasteiger partial charge < -0.3 is 5.32 Å². The van der Waals surface area contributed by atoms with E-state index in [1.54, 1.807) is 6.08 Å². The lowest BCUT2D eigenvalue weighted by molar-refractivity contribution is 0.439. The third-order valence-electron chi connectivity index (χ3n) is 3.63. The van der Waals surface area contributed by atoms with Gasteiger partial charge in [-0.2, -0.15) is 5.26 Å². The lowest BCUT2D eigenvalue weighted by Crippen LogP contribution is -2.43. The van der Waals surface area contributed by atoms with E-state index in [0.717, 1.165) is 17.7 Å². The highest BCUT2D eigenvalue weighted by Gasteiger charge is 2.28. The van der Waals surface area contributed by atoms with Gasteiger partial charge in [-0.15, -0.1) is 0 Å². The van der Waals surface area contributed by atoms with Crippen LogP contribution in [-0.2, 0) is 6.42 Å². The van der Waals surface area contributed by atoms with Gasteiger partial charge in [0.1, 0.15) is 0 Å². The molecule has 0 unspecified atom stereocenters. The monoisotopic (exact) mass is 248 g/mol. The zero-order chi connectivity index (χ0) is 13.5. The van der Waals surface area contributed by atoms with Gasteiger partial charge in [-0.25, -0.2) is 0 Å². The van der Waals surface area contributed by atoms with E-state index >= 15 is 0 Å². The van der Waals surface area contributed by atoms with E-state index in [0.29, 0.717) is 0 Å². The number of benzene rings is 2. The minimum absolute atomic E-state index is 0.0280. The first kappa shape index (κ1) is 11.8. The molecule has 19 heavy (non-hydrogen) atoms. The Balaban J connectivity index is 2.32. The summed E-state index contributed by atoms with van der Waals surface area (Å²) < 4.78 is 0. The van der Waals surface area contributed by atoms with Gasteiger partial charge in [0.2, 0.25) is 0 Å². The van der Waals surface area contributed by atoms with Crippen molar-refractivity contribution in [3.05, 3.63) is 53.6 Å². The quantitative estimate of drug-likeness (QED) is 0.723. The van der Waals surface area contributed by atoms with Crippen LogP contribution in [0, 0.1) is 11.3 Å². The molecule has 0 radical (unpaired) electrons. The molecule has 2 aromatic rings. The average molecular weight is 248 g/mol. The molecule has 0 atom stereocenters. The lowest BCUT2D eigenvalue weighted by Gasteiger charge is -2.36. The molecule has 1 aliphatic rings. The SMILES string of the molecule is CC1(C)Cc2c(ccc3ccccc23)C(=CC#N)N1. The number of nitrogens with zero attached hydrogens (tertiary/aromatic N) is 1. The molecular formula is C17H16N2. The van der Waals surface area contributed by atoms with Gasteiger partial charge in [0.25, 0.3) is 0 Å². The number of rotatable bonds is 0. The zero-order valence-corrected chi connectivity index (χ0v) is 11.2. The smallest absolute Gasteiger partial charge is 0.0933 e. The highest BCUT2D eigenvalue weighted by molar-refractivity contribution is 5.91. The van der Waals surface area contributed by atoms with Crippen LogP contribution >= 0.6 is 0 Å².